The Hall–Kier alpha value is -3.06. The molecular weight excluding hydrogens is 406 g/mol. The van der Waals surface area contributed by atoms with Gasteiger partial charge in [0, 0.05) is 22.8 Å². The first kappa shape index (κ1) is 23.2. The van der Waals surface area contributed by atoms with Crippen LogP contribution in [0.2, 0.25) is 5.02 Å². The number of nitrogens with one attached hydrogen (secondary N) is 2. The second kappa shape index (κ2) is 11.2. The minimum absolute atomic E-state index is 0.143. The lowest BCUT2D eigenvalue weighted by Gasteiger charge is -2.24. The number of hydrogen-bond acceptors (Lipinski definition) is 4. The molecule has 2 N–H and O–H groups in total. The minimum Gasteiger partial charge on any atom is -0.497 e. The summed E-state index contributed by atoms with van der Waals surface area (Å²) in [6, 6.07) is 13.4. The Morgan fingerprint density at radius 1 is 1.00 bits per heavy atom. The van der Waals surface area contributed by atoms with E-state index in [4.69, 9.17) is 16.3 Å². The van der Waals surface area contributed by atoms with Gasteiger partial charge in [-0.05, 0) is 54.4 Å². The number of methoxy groups -OCH3 is 1. The van der Waals surface area contributed by atoms with E-state index in [1.54, 1.807) is 55.6 Å². The Labute approximate surface area is 181 Å². The summed E-state index contributed by atoms with van der Waals surface area (Å²) in [6.45, 7) is 3.99. The van der Waals surface area contributed by atoms with Crippen molar-refractivity contribution >= 4 is 35.0 Å². The molecule has 7 nitrogen and oxygen atoms in total. The number of hydrogen-bond donors (Lipinski definition) is 2. The van der Waals surface area contributed by atoms with Gasteiger partial charge in [0.25, 0.3) is 5.91 Å². The number of ether oxygens (including phenoxy) is 1. The summed E-state index contributed by atoms with van der Waals surface area (Å²) in [5.74, 6) is -0.196. The van der Waals surface area contributed by atoms with Crippen molar-refractivity contribution in [3.05, 3.63) is 59.1 Å². The molecule has 0 aliphatic carbocycles. The van der Waals surface area contributed by atoms with Crippen LogP contribution in [0, 0.1) is 5.92 Å². The van der Waals surface area contributed by atoms with Gasteiger partial charge < -0.3 is 20.3 Å². The fourth-order valence-electron chi connectivity index (χ4n) is 2.72. The summed E-state index contributed by atoms with van der Waals surface area (Å²) >= 11 is 5.88. The van der Waals surface area contributed by atoms with Crippen molar-refractivity contribution in [3.8, 4) is 5.75 Å². The van der Waals surface area contributed by atoms with E-state index in [9.17, 15) is 14.4 Å². The molecule has 0 saturated heterocycles. The summed E-state index contributed by atoms with van der Waals surface area (Å²) in [6.07, 6.45) is 0. The highest BCUT2D eigenvalue weighted by Crippen LogP contribution is 2.15. The minimum atomic E-state index is -0.414. The largest absolute Gasteiger partial charge is 0.497 e. The van der Waals surface area contributed by atoms with Gasteiger partial charge >= 0.3 is 0 Å². The van der Waals surface area contributed by atoms with Crippen molar-refractivity contribution < 1.29 is 19.1 Å². The molecule has 0 saturated carbocycles. The van der Waals surface area contributed by atoms with Crippen molar-refractivity contribution in [3.63, 3.8) is 0 Å². The Morgan fingerprint density at radius 2 is 1.63 bits per heavy atom. The van der Waals surface area contributed by atoms with Gasteiger partial charge in [0.1, 0.15) is 5.75 Å². The second-order valence-electron chi connectivity index (χ2n) is 7.14. The van der Waals surface area contributed by atoms with Gasteiger partial charge in [0.05, 0.1) is 20.2 Å². The molecule has 8 heteroatoms. The highest BCUT2D eigenvalue weighted by molar-refractivity contribution is 6.30. The number of benzene rings is 2. The molecule has 3 amide bonds. The highest BCUT2D eigenvalue weighted by atomic mass is 35.5. The van der Waals surface area contributed by atoms with E-state index in [0.29, 0.717) is 28.6 Å². The van der Waals surface area contributed by atoms with Crippen LogP contribution in [0.15, 0.2) is 48.5 Å². The van der Waals surface area contributed by atoms with Crippen LogP contribution in [0.25, 0.3) is 0 Å². The lowest BCUT2D eigenvalue weighted by atomic mass is 10.1. The molecule has 2 rings (SSSR count). The van der Waals surface area contributed by atoms with E-state index in [-0.39, 0.29) is 30.8 Å². The SMILES string of the molecule is COc1ccc(NC(=O)CNC(=O)CN(CC(C)C)C(=O)c2ccc(Cl)cc2)cc1. The van der Waals surface area contributed by atoms with Crippen molar-refractivity contribution in [1.29, 1.82) is 0 Å². The molecule has 0 heterocycles. The zero-order chi connectivity index (χ0) is 22.1. The van der Waals surface area contributed by atoms with Gasteiger partial charge in [-0.15, -0.1) is 0 Å². The maximum absolute atomic E-state index is 12.8. The van der Waals surface area contributed by atoms with E-state index in [0.717, 1.165) is 0 Å². The molecule has 2 aromatic rings. The van der Waals surface area contributed by atoms with Gasteiger partial charge in [0.15, 0.2) is 0 Å². The molecule has 0 aliphatic rings. The van der Waals surface area contributed by atoms with E-state index >= 15 is 0 Å². The number of anilines is 1. The lowest BCUT2D eigenvalue weighted by Crippen LogP contribution is -2.44. The first-order valence-electron chi connectivity index (χ1n) is 9.54. The van der Waals surface area contributed by atoms with Crippen LogP contribution >= 0.6 is 11.6 Å². The number of halogens is 1. The number of carbonyl (C=O) groups is 3. The summed E-state index contributed by atoms with van der Waals surface area (Å²) in [5, 5.41) is 5.77. The molecular formula is C22H26ClN3O4. The third-order valence-corrected chi connectivity index (χ3v) is 4.37. The summed E-state index contributed by atoms with van der Waals surface area (Å²) in [5.41, 5.74) is 1.04. The van der Waals surface area contributed by atoms with Crippen LogP contribution in [0.1, 0.15) is 24.2 Å². The molecule has 0 aromatic heterocycles. The average Bonchev–Trinajstić information content (AvgIpc) is 2.72. The van der Waals surface area contributed by atoms with E-state index < -0.39 is 5.91 Å². The average molecular weight is 432 g/mol. The number of carbonyl (C=O) groups excluding carboxylic acids is 3. The number of amides is 3. The van der Waals surface area contributed by atoms with Crippen LogP contribution in [0.3, 0.4) is 0 Å². The van der Waals surface area contributed by atoms with Gasteiger partial charge in [-0.25, -0.2) is 0 Å². The molecule has 0 atom stereocenters. The molecule has 0 fully saturated rings. The smallest absolute Gasteiger partial charge is 0.254 e. The Balaban J connectivity index is 1.90. The van der Waals surface area contributed by atoms with Gasteiger partial charge in [-0.1, -0.05) is 25.4 Å². The first-order valence-corrected chi connectivity index (χ1v) is 9.91. The van der Waals surface area contributed by atoms with Crippen LogP contribution in [0.4, 0.5) is 5.69 Å². The Morgan fingerprint density at radius 3 is 2.20 bits per heavy atom. The van der Waals surface area contributed by atoms with Crippen molar-refractivity contribution in [2.24, 2.45) is 5.92 Å². The summed E-state index contributed by atoms with van der Waals surface area (Å²) < 4.78 is 5.07. The molecule has 0 radical (unpaired) electrons. The summed E-state index contributed by atoms with van der Waals surface area (Å²) in [7, 11) is 1.56. The molecule has 160 valence electrons. The van der Waals surface area contributed by atoms with Gasteiger partial charge in [-0.2, -0.15) is 0 Å². The topological polar surface area (TPSA) is 87.7 Å². The molecule has 30 heavy (non-hydrogen) atoms. The van der Waals surface area contributed by atoms with Gasteiger partial charge in [0.2, 0.25) is 11.8 Å². The van der Waals surface area contributed by atoms with Crippen LogP contribution in [0.5, 0.6) is 5.75 Å². The monoisotopic (exact) mass is 431 g/mol. The molecule has 2 aromatic carbocycles. The van der Waals surface area contributed by atoms with E-state index in [1.807, 2.05) is 13.8 Å². The normalized spacial score (nSPS) is 10.4. The van der Waals surface area contributed by atoms with Crippen molar-refractivity contribution in [2.75, 3.05) is 32.1 Å². The highest BCUT2D eigenvalue weighted by Gasteiger charge is 2.20. The Kier molecular flexibility index (Phi) is 8.68. The van der Waals surface area contributed by atoms with Crippen LogP contribution in [-0.4, -0.2) is 49.4 Å². The van der Waals surface area contributed by atoms with Crippen LogP contribution < -0.4 is 15.4 Å². The zero-order valence-electron chi connectivity index (χ0n) is 17.3. The predicted octanol–water partition coefficient (Wildman–Crippen LogP) is 3.20. The predicted molar refractivity (Wildman–Crippen MR) is 117 cm³/mol. The standard InChI is InChI=1S/C22H26ClN3O4/c1-15(2)13-26(22(29)16-4-6-17(23)7-5-16)14-21(28)24-12-20(27)25-18-8-10-19(30-3)11-9-18/h4-11,15H,12-14H2,1-3H3,(H,24,28)(H,25,27). The number of nitrogens with zero attached hydrogens (tertiary/aromatic N) is 1. The first-order chi connectivity index (χ1) is 14.3. The summed E-state index contributed by atoms with van der Waals surface area (Å²) in [4.78, 5) is 38.6. The molecule has 0 unspecified atom stereocenters. The van der Waals surface area contributed by atoms with Gasteiger partial charge in [-0.3, -0.25) is 14.4 Å². The van der Waals surface area contributed by atoms with Crippen LogP contribution in [-0.2, 0) is 9.59 Å². The maximum atomic E-state index is 12.8. The fourth-order valence-corrected chi connectivity index (χ4v) is 2.85. The van der Waals surface area contributed by atoms with Crippen molar-refractivity contribution in [2.45, 2.75) is 13.8 Å². The van der Waals surface area contributed by atoms with E-state index in [1.165, 1.54) is 4.90 Å². The molecule has 0 aliphatic heterocycles. The molecule has 0 bridgehead atoms. The maximum Gasteiger partial charge on any atom is 0.254 e. The molecule has 0 spiro atoms. The Bertz CT molecular complexity index is 867. The zero-order valence-corrected chi connectivity index (χ0v) is 18.0. The quantitative estimate of drug-likeness (QED) is 0.638. The third-order valence-electron chi connectivity index (χ3n) is 4.12. The second-order valence-corrected chi connectivity index (χ2v) is 7.58. The third kappa shape index (κ3) is 7.40. The van der Waals surface area contributed by atoms with E-state index in [2.05, 4.69) is 10.6 Å². The number of rotatable bonds is 9. The van der Waals surface area contributed by atoms with Crippen molar-refractivity contribution in [1.82, 2.24) is 10.2 Å². The fraction of sp³-hybridized carbons (Fsp3) is 0.318. The lowest BCUT2D eigenvalue weighted by molar-refractivity contribution is -0.124.